The molecular weight excluding hydrogens is 839 g/mol. The van der Waals surface area contributed by atoms with Crippen molar-refractivity contribution in [2.75, 3.05) is 45.7 Å². The quantitative estimate of drug-likeness (QED) is 0.168. The van der Waals surface area contributed by atoms with Gasteiger partial charge in [-0.2, -0.15) is 0 Å². The number of fused-ring (bicyclic) bond motifs is 7. The minimum Gasteiger partial charge on any atom is -0.445 e. The molecule has 0 aromatic heterocycles. The number of benzene rings is 1. The lowest BCUT2D eigenvalue weighted by Crippen LogP contribution is -2.63. The van der Waals surface area contributed by atoms with Gasteiger partial charge in [0.05, 0.1) is 18.8 Å². The van der Waals surface area contributed by atoms with Crippen molar-refractivity contribution in [2.45, 2.75) is 123 Å². The van der Waals surface area contributed by atoms with Gasteiger partial charge in [-0.1, -0.05) is 71.7 Å². The first-order valence-electron chi connectivity index (χ1n) is 23.0. The van der Waals surface area contributed by atoms with Crippen molar-refractivity contribution in [3.05, 3.63) is 53.6 Å². The highest BCUT2D eigenvalue weighted by Gasteiger charge is 2.76. The number of ether oxygens (including phenoxy) is 4. The largest absolute Gasteiger partial charge is 0.445 e. The molecule has 17 heteroatoms. The lowest BCUT2D eigenvalue weighted by molar-refractivity contribution is -0.200. The Kier molecular flexibility index (Phi) is 15.3. The number of carbonyl (C=O) groups is 7. The van der Waals surface area contributed by atoms with Crippen molar-refractivity contribution in [1.82, 2.24) is 20.4 Å². The van der Waals surface area contributed by atoms with Gasteiger partial charge in [0.15, 0.2) is 24.3 Å². The van der Waals surface area contributed by atoms with E-state index in [4.69, 9.17) is 18.9 Å². The van der Waals surface area contributed by atoms with Crippen molar-refractivity contribution >= 4 is 47.2 Å². The number of hydrogen-bond acceptors (Lipinski definition) is 12. The number of hydrogen-bond donors (Lipinski definition) is 4. The van der Waals surface area contributed by atoms with Crippen LogP contribution in [0.3, 0.4) is 0 Å². The predicted molar refractivity (Wildman–Crippen MR) is 238 cm³/mol. The van der Waals surface area contributed by atoms with Crippen LogP contribution in [-0.2, 0) is 49.5 Å². The van der Waals surface area contributed by atoms with Gasteiger partial charge in [0, 0.05) is 56.0 Å². The lowest BCUT2D eigenvalue weighted by Gasteiger charge is -2.59. The maximum absolute atomic E-state index is 14.6. The normalized spacial score (nSPS) is 30.1. The first kappa shape index (κ1) is 49.3. The Hall–Kier alpha value is -5.13. The van der Waals surface area contributed by atoms with E-state index in [-0.39, 0.29) is 68.0 Å². The molecule has 356 valence electrons. The van der Waals surface area contributed by atoms with Gasteiger partial charge in [0.2, 0.25) is 23.5 Å². The maximum atomic E-state index is 14.6. The zero-order valence-electron chi connectivity index (χ0n) is 39.0. The minimum absolute atomic E-state index is 0.0170. The molecule has 4 unspecified atom stereocenters. The van der Waals surface area contributed by atoms with Gasteiger partial charge in [-0.05, 0) is 79.7 Å². The number of nitrogens with one attached hydrogen (secondary N) is 3. The molecule has 1 aromatic carbocycles. The van der Waals surface area contributed by atoms with E-state index in [0.717, 1.165) is 24.8 Å². The van der Waals surface area contributed by atoms with E-state index in [9.17, 15) is 38.7 Å². The van der Waals surface area contributed by atoms with Crippen LogP contribution >= 0.6 is 0 Å². The number of allylic oxidation sites excluding steroid dienone is 4. The highest BCUT2D eigenvalue weighted by Crippen LogP contribution is 2.69. The number of carbonyl (C=O) groups excluding carboxylic acids is 7. The van der Waals surface area contributed by atoms with Crippen LogP contribution in [0.2, 0.25) is 0 Å². The Morgan fingerprint density at radius 3 is 2.29 bits per heavy atom. The molecule has 4 aliphatic carbocycles. The zero-order valence-corrected chi connectivity index (χ0v) is 39.0. The van der Waals surface area contributed by atoms with Gasteiger partial charge in [0.1, 0.15) is 12.6 Å². The molecule has 0 bridgehead atoms. The number of likely N-dealkylation sites (N-methyl/N-ethyl adjacent to an activating group) is 2. The number of Topliss-reactive ketones (excluding diaryl/α,β-unsaturated/α-hetero) is 1. The minimum atomic E-state index is -1.43. The molecule has 4 fully saturated rings. The number of amides is 5. The molecule has 1 saturated heterocycles. The van der Waals surface area contributed by atoms with E-state index < -0.39 is 77.4 Å². The van der Waals surface area contributed by atoms with E-state index in [2.05, 4.69) is 22.9 Å². The Balaban J connectivity index is 0.971. The summed E-state index contributed by atoms with van der Waals surface area (Å²) in [5.41, 5.74) is -0.554. The van der Waals surface area contributed by atoms with E-state index in [1.807, 2.05) is 19.9 Å². The fourth-order valence-corrected chi connectivity index (χ4v) is 11.1. The highest BCUT2D eigenvalue weighted by molar-refractivity contribution is 6.01. The predicted octanol–water partition coefficient (Wildman–Crippen LogP) is 4.67. The fraction of sp³-hybridized carbons (Fsp3) is 0.646. The first-order valence-corrected chi connectivity index (χ1v) is 23.0. The van der Waals surface area contributed by atoms with Crippen molar-refractivity contribution in [3.63, 3.8) is 0 Å². The van der Waals surface area contributed by atoms with E-state index in [0.29, 0.717) is 30.5 Å². The molecule has 3 saturated carbocycles. The van der Waals surface area contributed by atoms with E-state index >= 15 is 0 Å². The summed E-state index contributed by atoms with van der Waals surface area (Å²) < 4.78 is 24.2. The Labute approximate surface area is 381 Å². The second-order valence-electron chi connectivity index (χ2n) is 19.1. The van der Waals surface area contributed by atoms with Crippen LogP contribution in [0.1, 0.15) is 92.1 Å². The molecular formula is C48H67N5O12. The molecule has 65 heavy (non-hydrogen) atoms. The third-order valence-corrected chi connectivity index (χ3v) is 14.6. The summed E-state index contributed by atoms with van der Waals surface area (Å²) in [6, 6.07) is 5.86. The molecule has 6 rings (SSSR count). The molecule has 17 nitrogen and oxygen atoms in total. The summed E-state index contributed by atoms with van der Waals surface area (Å²) in [4.78, 5) is 92.4. The summed E-state index contributed by atoms with van der Waals surface area (Å²) in [7, 11) is 3.04. The lowest BCUT2D eigenvalue weighted by atomic mass is 9.46. The number of nitrogens with zero attached hydrogens (tertiary/aromatic N) is 2. The van der Waals surface area contributed by atoms with Gasteiger partial charge >= 0.3 is 12.2 Å². The summed E-state index contributed by atoms with van der Waals surface area (Å²) in [5, 5.41) is 19.9. The monoisotopic (exact) mass is 905 g/mol. The third kappa shape index (κ3) is 10.0. The molecule has 0 spiro atoms. The number of aliphatic hydroxyl groups excluding tert-OH is 1. The van der Waals surface area contributed by atoms with Gasteiger partial charge in [-0.3, -0.25) is 24.0 Å². The topological polar surface area (TPSA) is 219 Å². The van der Waals surface area contributed by atoms with Crippen molar-refractivity contribution in [1.29, 1.82) is 0 Å². The molecule has 5 amide bonds. The second-order valence-corrected chi connectivity index (χ2v) is 19.1. The van der Waals surface area contributed by atoms with Crippen LogP contribution in [0.4, 0.5) is 15.3 Å². The van der Waals surface area contributed by atoms with Crippen LogP contribution in [0.25, 0.3) is 0 Å². The van der Waals surface area contributed by atoms with Crippen LogP contribution in [-0.4, -0.2) is 127 Å². The van der Waals surface area contributed by atoms with Crippen molar-refractivity contribution < 1.29 is 57.6 Å². The summed E-state index contributed by atoms with van der Waals surface area (Å²) in [5.74, 6) is -1.89. The number of rotatable bonds is 17. The van der Waals surface area contributed by atoms with Crippen LogP contribution in [0.5, 0.6) is 0 Å². The van der Waals surface area contributed by atoms with Gasteiger partial charge in [-0.15, -0.1) is 0 Å². The SMILES string of the molecule is CCCC1O[C@@H]2CC3[C@@H]4CCC5=CC(=O)C=C[C@]5(C)C4[C@@H](O)C[C@]3(C)[C@]2(C(=O)COC(=O)N(C)CCN(C)C(=O)OCc2ccc(NC(=O)CNC(=O)C(NC(=O)CC)C(C)C)cc2)O1. The number of ketones is 2. The van der Waals surface area contributed by atoms with Gasteiger partial charge in [-0.25, -0.2) is 9.59 Å². The average Bonchev–Trinajstić information content (AvgIpc) is 3.76. The molecule has 4 N–H and O–H groups in total. The van der Waals surface area contributed by atoms with E-state index in [1.165, 1.54) is 23.9 Å². The maximum Gasteiger partial charge on any atom is 0.409 e. The number of anilines is 1. The van der Waals surface area contributed by atoms with Crippen LogP contribution < -0.4 is 16.0 Å². The molecule has 1 aromatic rings. The summed E-state index contributed by atoms with van der Waals surface area (Å²) in [6.45, 7) is 10.7. The molecule has 10 atom stereocenters. The highest BCUT2D eigenvalue weighted by atomic mass is 16.7. The molecule has 1 heterocycles. The zero-order chi connectivity index (χ0) is 47.4. The first-order chi connectivity index (χ1) is 30.8. The standard InChI is InChI=1S/C48H67N5O12/c1-9-11-40-64-37-23-34-33-17-14-30-22-32(54)18-19-46(30,5)41(33)35(55)24-47(34,6)48(37,65-40)36(56)27-63-45(61)53(8)21-20-52(7)44(60)62-26-29-12-15-31(16-13-29)50-39(58)25-49-43(59)42(28(3)4)51-38(57)10-2/h12-13,15-16,18-19,22,28,33-35,37,40-42,55H,9-11,14,17,20-21,23-27H2,1-8H3,(H,49,59)(H,50,58)(H,51,57)/t33-,34?,35-,37+,40?,41?,42?,46-,47-,48+/m0/s1. The Morgan fingerprint density at radius 2 is 1.65 bits per heavy atom. The fourth-order valence-electron chi connectivity index (χ4n) is 11.1. The molecule has 5 aliphatic rings. The third-order valence-electron chi connectivity index (χ3n) is 14.6. The molecule has 1 aliphatic heterocycles. The second kappa shape index (κ2) is 20.2. The van der Waals surface area contributed by atoms with E-state index in [1.54, 1.807) is 57.2 Å². The molecule has 0 radical (unpaired) electrons. The van der Waals surface area contributed by atoms with Crippen molar-refractivity contribution in [2.24, 2.45) is 34.5 Å². The van der Waals surface area contributed by atoms with Gasteiger partial charge in [0.25, 0.3) is 0 Å². The summed E-state index contributed by atoms with van der Waals surface area (Å²) in [6.07, 6.45) is 5.86. The number of aliphatic hydroxyl groups is 1. The van der Waals surface area contributed by atoms with Crippen LogP contribution in [0.15, 0.2) is 48.1 Å². The Morgan fingerprint density at radius 1 is 0.969 bits per heavy atom. The van der Waals surface area contributed by atoms with Crippen LogP contribution in [0, 0.1) is 34.5 Å². The van der Waals surface area contributed by atoms with Crippen molar-refractivity contribution in [3.8, 4) is 0 Å². The van der Waals surface area contributed by atoms with Gasteiger partial charge < -0.3 is 49.8 Å². The Bertz CT molecular complexity index is 2060. The smallest absolute Gasteiger partial charge is 0.409 e. The average molecular weight is 906 g/mol. The summed E-state index contributed by atoms with van der Waals surface area (Å²) >= 11 is 0.